The first-order valence-electron chi connectivity index (χ1n) is 16.6. The fourth-order valence-corrected chi connectivity index (χ4v) is 9.70. The van der Waals surface area contributed by atoms with Gasteiger partial charge in [-0.25, -0.2) is 4.58 Å². The number of ether oxygens (including phenoxy) is 2. The molecule has 0 radical (unpaired) electrons. The zero-order valence-corrected chi connectivity index (χ0v) is 30.5. The van der Waals surface area contributed by atoms with Crippen molar-refractivity contribution >= 4 is 53.7 Å². The van der Waals surface area contributed by atoms with Crippen LogP contribution < -0.4 is 15.4 Å². The van der Waals surface area contributed by atoms with Crippen LogP contribution in [0.15, 0.2) is 71.0 Å². The number of hydrogen-bond donors (Lipinski definition) is 2. The van der Waals surface area contributed by atoms with E-state index in [0.717, 1.165) is 53.8 Å². The normalized spacial score (nSPS) is 19.5. The molecule has 0 spiro atoms. The molecule has 0 saturated carbocycles. The van der Waals surface area contributed by atoms with E-state index in [-0.39, 0.29) is 5.91 Å². The van der Waals surface area contributed by atoms with E-state index < -0.39 is 25.9 Å². The summed E-state index contributed by atoms with van der Waals surface area (Å²) in [6.45, 7) is 7.09. The minimum atomic E-state index is -2.16. The summed E-state index contributed by atoms with van der Waals surface area (Å²) in [6.07, 6.45) is 16.1. The molecule has 0 aromatic heterocycles. The molecule has 4 rings (SSSR count). The number of unbranched alkanes of at least 4 members (excludes halogenated alkanes) is 3. The van der Waals surface area contributed by atoms with E-state index in [1.165, 1.54) is 10.4 Å². The van der Waals surface area contributed by atoms with Gasteiger partial charge >= 0.3 is 5.97 Å². The number of aliphatic carboxylic acids is 1. The molecule has 1 heterocycles. The van der Waals surface area contributed by atoms with Gasteiger partial charge in [0, 0.05) is 62.5 Å². The van der Waals surface area contributed by atoms with Gasteiger partial charge in [-0.1, -0.05) is 50.2 Å². The average Bonchev–Trinajstić information content (AvgIpc) is 3.04. The fourth-order valence-electron chi connectivity index (χ4n) is 6.42. The number of fused-ring (bicyclic) bond motifs is 2. The first-order chi connectivity index (χ1) is 22.5. The van der Waals surface area contributed by atoms with Crippen LogP contribution in [0.5, 0.6) is 0 Å². The van der Waals surface area contributed by atoms with Crippen LogP contribution >= 0.6 is 11.6 Å². The Labute approximate surface area is 286 Å². The standard InChI is InChI=1S/C37H50ClN3O5Si/c1-40(2)27-12-15-30-33(24-27)47(5,6)34-25-28(41(3)4)13-16-31(34)35(30)29-14-11-26(23-32(29)37(43)44)36(42)39-18-20-46-22-21-45-19-10-8-7-9-17-38/h11-16,23-25,29,32H,7-10,17-22H2,1-6H3,(H-,39,42,43,44)/p+1. The number of carboxylic acids is 1. The lowest BCUT2D eigenvalue weighted by atomic mass is 9.75. The number of amides is 1. The topological polar surface area (TPSA) is 91.1 Å². The first kappa shape index (κ1) is 36.6. The monoisotopic (exact) mass is 680 g/mol. The molecule has 1 amide bonds. The number of alkyl halides is 1. The van der Waals surface area contributed by atoms with Crippen LogP contribution in [0.4, 0.5) is 5.69 Å². The third-order valence-electron chi connectivity index (χ3n) is 9.15. The summed E-state index contributed by atoms with van der Waals surface area (Å²) in [6, 6.07) is 6.55. The minimum Gasteiger partial charge on any atom is -0.481 e. The molecule has 2 aliphatic carbocycles. The average molecular weight is 681 g/mol. The molecule has 10 heteroatoms. The van der Waals surface area contributed by atoms with Gasteiger partial charge in [0.05, 0.1) is 25.7 Å². The highest BCUT2D eigenvalue weighted by molar-refractivity contribution is 6.98. The van der Waals surface area contributed by atoms with Gasteiger partial charge in [0.15, 0.2) is 5.71 Å². The Morgan fingerprint density at radius 3 is 2.40 bits per heavy atom. The highest BCUT2D eigenvalue weighted by Gasteiger charge is 2.44. The van der Waals surface area contributed by atoms with Gasteiger partial charge in [0.1, 0.15) is 22.2 Å². The van der Waals surface area contributed by atoms with Crippen molar-refractivity contribution in [2.75, 3.05) is 71.9 Å². The van der Waals surface area contributed by atoms with Gasteiger partial charge in [0.2, 0.25) is 0 Å². The molecule has 2 N–H and O–H groups in total. The van der Waals surface area contributed by atoms with E-state index in [1.54, 1.807) is 12.2 Å². The van der Waals surface area contributed by atoms with E-state index in [4.69, 9.17) is 21.1 Å². The molecule has 3 aliphatic rings. The number of rotatable bonds is 16. The summed E-state index contributed by atoms with van der Waals surface area (Å²) in [7, 11) is 6.00. The number of nitrogens with one attached hydrogen (secondary N) is 1. The number of carbonyl (C=O) groups excluding carboxylic acids is 1. The third-order valence-corrected chi connectivity index (χ3v) is 12.9. The van der Waals surface area contributed by atoms with Crippen molar-refractivity contribution in [3.8, 4) is 0 Å². The van der Waals surface area contributed by atoms with E-state index in [0.29, 0.717) is 44.4 Å². The lowest BCUT2D eigenvalue weighted by Crippen LogP contribution is -2.50. The Morgan fingerprint density at radius 2 is 1.72 bits per heavy atom. The second kappa shape index (κ2) is 16.7. The minimum absolute atomic E-state index is 0.308. The lowest BCUT2D eigenvalue weighted by molar-refractivity contribution is -0.462. The van der Waals surface area contributed by atoms with Crippen molar-refractivity contribution in [2.24, 2.45) is 11.8 Å². The molecule has 2 unspecified atom stereocenters. The zero-order valence-electron chi connectivity index (χ0n) is 28.8. The summed E-state index contributed by atoms with van der Waals surface area (Å²) in [4.78, 5) is 28.0. The number of hydrogen-bond acceptors (Lipinski definition) is 5. The highest BCUT2D eigenvalue weighted by atomic mass is 35.5. The van der Waals surface area contributed by atoms with Crippen LogP contribution in [0.1, 0.15) is 31.2 Å². The van der Waals surface area contributed by atoms with Crippen LogP contribution in [0.3, 0.4) is 0 Å². The van der Waals surface area contributed by atoms with Gasteiger partial charge in [-0.2, -0.15) is 0 Å². The molecule has 8 nitrogen and oxygen atoms in total. The molecular formula is C37H51ClN3O5Si+. The molecule has 1 aliphatic heterocycles. The van der Waals surface area contributed by atoms with Crippen LogP contribution in [0.2, 0.25) is 13.1 Å². The maximum Gasteiger partial charge on any atom is 0.311 e. The Balaban J connectivity index is 1.49. The Morgan fingerprint density at radius 1 is 1.00 bits per heavy atom. The molecular weight excluding hydrogens is 630 g/mol. The van der Waals surface area contributed by atoms with Gasteiger partial charge in [-0.3, -0.25) is 9.59 Å². The molecule has 0 bridgehead atoms. The molecule has 2 atom stereocenters. The predicted octanol–water partition coefficient (Wildman–Crippen LogP) is 4.95. The number of carbonyl (C=O) groups is 2. The number of halogens is 1. The third kappa shape index (κ3) is 8.82. The van der Waals surface area contributed by atoms with Gasteiger partial charge in [-0.15, -0.1) is 11.6 Å². The van der Waals surface area contributed by atoms with E-state index in [2.05, 4.69) is 64.3 Å². The highest BCUT2D eigenvalue weighted by Crippen LogP contribution is 2.45. The molecule has 0 fully saturated rings. The molecule has 47 heavy (non-hydrogen) atoms. The van der Waals surface area contributed by atoms with Crippen LogP contribution in [-0.4, -0.2) is 102 Å². The van der Waals surface area contributed by atoms with E-state index in [9.17, 15) is 14.7 Å². The van der Waals surface area contributed by atoms with Crippen molar-refractivity contribution in [1.82, 2.24) is 5.32 Å². The molecule has 254 valence electrons. The summed E-state index contributed by atoms with van der Waals surface area (Å²) >= 11 is 5.70. The van der Waals surface area contributed by atoms with Crippen LogP contribution in [-0.2, 0) is 19.1 Å². The van der Waals surface area contributed by atoms with Crippen molar-refractivity contribution in [3.63, 3.8) is 0 Å². The summed E-state index contributed by atoms with van der Waals surface area (Å²) in [5.41, 5.74) is 5.80. The number of carboxylic acid groups (broad SMARTS) is 1. The molecule has 1 aromatic carbocycles. The van der Waals surface area contributed by atoms with Gasteiger partial charge in [0.25, 0.3) is 5.91 Å². The first-order valence-corrected chi connectivity index (χ1v) is 20.1. The largest absolute Gasteiger partial charge is 0.481 e. The van der Waals surface area contributed by atoms with Gasteiger partial charge < -0.3 is 24.8 Å². The summed E-state index contributed by atoms with van der Waals surface area (Å²) in [5.74, 6) is -1.90. The van der Waals surface area contributed by atoms with Crippen molar-refractivity contribution in [2.45, 2.75) is 38.8 Å². The second-order valence-corrected chi connectivity index (χ2v) is 17.9. The zero-order chi connectivity index (χ0) is 34.1. The Hall–Kier alpha value is -3.24. The molecule has 0 saturated heterocycles. The van der Waals surface area contributed by atoms with Crippen LogP contribution in [0.25, 0.3) is 5.57 Å². The predicted molar refractivity (Wildman–Crippen MR) is 195 cm³/mol. The van der Waals surface area contributed by atoms with E-state index >= 15 is 0 Å². The SMILES string of the molecule is CN(C)c1ccc2c(c1)[Si](C)(C)C1=CC(=[N+](C)C)C=CC1=C2C1C=CC(C(=O)NCCOCCOCCCCCCCl)=CC1C(=O)O. The maximum atomic E-state index is 13.1. The fraction of sp³-hybridized carbons (Fsp3) is 0.486. The maximum absolute atomic E-state index is 13.1. The van der Waals surface area contributed by atoms with E-state index in [1.807, 2.05) is 34.3 Å². The van der Waals surface area contributed by atoms with Crippen molar-refractivity contribution < 1.29 is 28.7 Å². The van der Waals surface area contributed by atoms with Crippen molar-refractivity contribution in [3.05, 3.63) is 76.6 Å². The smallest absolute Gasteiger partial charge is 0.311 e. The van der Waals surface area contributed by atoms with Crippen LogP contribution in [0, 0.1) is 11.8 Å². The quantitative estimate of drug-likeness (QED) is 0.111. The van der Waals surface area contributed by atoms with Gasteiger partial charge in [-0.05, 0) is 58.1 Å². The lowest BCUT2D eigenvalue weighted by Gasteiger charge is -2.40. The Kier molecular flexibility index (Phi) is 13.0. The second-order valence-electron chi connectivity index (χ2n) is 13.2. The number of allylic oxidation sites excluding steroid dienone is 7. The van der Waals surface area contributed by atoms with Crippen molar-refractivity contribution in [1.29, 1.82) is 0 Å². The molecule has 1 aromatic rings. The summed E-state index contributed by atoms with van der Waals surface area (Å²) in [5, 5.41) is 16.0. The number of nitrogens with zero attached hydrogens (tertiary/aromatic N) is 2. The Bertz CT molecular complexity index is 1520. The number of benzene rings is 1. The number of anilines is 1. The summed E-state index contributed by atoms with van der Waals surface area (Å²) < 4.78 is 13.3.